The lowest BCUT2D eigenvalue weighted by atomic mass is 9.89. The molecule has 4 nitrogen and oxygen atoms in total. The van der Waals surface area contributed by atoms with Crippen LogP contribution in [0.5, 0.6) is 0 Å². The second-order valence-electron chi connectivity index (χ2n) is 7.57. The predicted octanol–water partition coefficient (Wildman–Crippen LogP) is 4.52. The molecule has 7 heteroatoms. The minimum atomic E-state index is -4.48. The Morgan fingerprint density at radius 3 is 2.16 bits per heavy atom. The first kappa shape index (κ1) is 19.4. The van der Waals surface area contributed by atoms with E-state index in [1.807, 2.05) is 42.5 Å². The van der Waals surface area contributed by atoms with Crippen LogP contribution in [0.1, 0.15) is 37.4 Å². The molecule has 1 unspecified atom stereocenters. The van der Waals surface area contributed by atoms with E-state index in [-0.39, 0.29) is 18.0 Å². The molecule has 0 aliphatic carbocycles. The van der Waals surface area contributed by atoms with E-state index in [0.29, 0.717) is 17.7 Å². The SMILES string of the molecule is O=C(c1ccc(C(F)(F)F)cc1)N1CCN2C(=O)c3ccccc3C12c1ccccc1. The van der Waals surface area contributed by atoms with Gasteiger partial charge >= 0.3 is 6.18 Å². The summed E-state index contributed by atoms with van der Waals surface area (Å²) in [6.45, 7) is 0.601. The molecule has 2 aliphatic heterocycles. The van der Waals surface area contributed by atoms with Crippen LogP contribution in [0.3, 0.4) is 0 Å². The first-order valence-corrected chi connectivity index (χ1v) is 9.81. The largest absolute Gasteiger partial charge is 0.416 e. The van der Waals surface area contributed by atoms with E-state index in [2.05, 4.69) is 0 Å². The monoisotopic (exact) mass is 422 g/mol. The number of alkyl halides is 3. The fourth-order valence-corrected chi connectivity index (χ4v) is 4.67. The first-order valence-electron chi connectivity index (χ1n) is 9.81. The average Bonchev–Trinajstić information content (AvgIpc) is 3.29. The average molecular weight is 422 g/mol. The van der Waals surface area contributed by atoms with E-state index < -0.39 is 23.3 Å². The Kier molecular flexibility index (Phi) is 4.18. The molecule has 0 bridgehead atoms. The van der Waals surface area contributed by atoms with Gasteiger partial charge in [-0.05, 0) is 30.3 Å². The summed E-state index contributed by atoms with van der Waals surface area (Å²) in [5.74, 6) is -0.591. The van der Waals surface area contributed by atoms with Crippen molar-refractivity contribution in [3.63, 3.8) is 0 Å². The Hall–Kier alpha value is -3.61. The van der Waals surface area contributed by atoms with E-state index in [9.17, 15) is 22.8 Å². The summed E-state index contributed by atoms with van der Waals surface area (Å²) in [5, 5.41) is 0. The number of fused-ring (bicyclic) bond motifs is 3. The highest BCUT2D eigenvalue weighted by molar-refractivity contribution is 6.03. The van der Waals surface area contributed by atoms with Gasteiger partial charge in [0, 0.05) is 35.3 Å². The predicted molar refractivity (Wildman–Crippen MR) is 107 cm³/mol. The third-order valence-electron chi connectivity index (χ3n) is 5.99. The molecule has 2 aliphatic rings. The maximum Gasteiger partial charge on any atom is 0.416 e. The smallest absolute Gasteiger partial charge is 0.306 e. The molecule has 0 aromatic heterocycles. The van der Waals surface area contributed by atoms with Gasteiger partial charge in [0.05, 0.1) is 5.56 Å². The van der Waals surface area contributed by atoms with Crippen molar-refractivity contribution in [3.05, 3.63) is 107 Å². The standard InChI is InChI=1S/C24H17F3N2O2/c25-24(26,27)18-12-10-16(11-13-18)21(30)28-14-15-29-22(31)19-8-4-5-9-20(19)23(28,29)17-6-2-1-3-7-17/h1-13H,14-15H2. The number of carbonyl (C=O) groups excluding carboxylic acids is 2. The molecule has 3 aromatic rings. The third-order valence-corrected chi connectivity index (χ3v) is 5.99. The molecule has 3 aromatic carbocycles. The molecule has 2 heterocycles. The van der Waals surface area contributed by atoms with E-state index in [1.165, 1.54) is 12.1 Å². The van der Waals surface area contributed by atoms with Crippen LogP contribution in [0.4, 0.5) is 13.2 Å². The van der Waals surface area contributed by atoms with Gasteiger partial charge in [0.1, 0.15) is 0 Å². The Labute approximate surface area is 176 Å². The van der Waals surface area contributed by atoms with Crippen molar-refractivity contribution >= 4 is 11.8 Å². The molecule has 5 rings (SSSR count). The van der Waals surface area contributed by atoms with E-state index >= 15 is 0 Å². The number of rotatable bonds is 2. The number of hydrogen-bond acceptors (Lipinski definition) is 2. The summed E-state index contributed by atoms with van der Waals surface area (Å²) in [7, 11) is 0. The molecule has 0 N–H and O–H groups in total. The second-order valence-corrected chi connectivity index (χ2v) is 7.57. The van der Waals surface area contributed by atoms with Gasteiger partial charge in [-0.2, -0.15) is 13.2 Å². The number of carbonyl (C=O) groups is 2. The van der Waals surface area contributed by atoms with Gasteiger partial charge in [-0.1, -0.05) is 48.5 Å². The number of halogens is 3. The summed E-state index contributed by atoms with van der Waals surface area (Å²) in [4.78, 5) is 30.0. The first-order chi connectivity index (χ1) is 14.8. The van der Waals surface area contributed by atoms with Gasteiger partial charge in [-0.25, -0.2) is 0 Å². The van der Waals surface area contributed by atoms with E-state index in [4.69, 9.17) is 0 Å². The van der Waals surface area contributed by atoms with Crippen LogP contribution in [0.15, 0.2) is 78.9 Å². The number of nitrogens with zero attached hydrogens (tertiary/aromatic N) is 2. The van der Waals surface area contributed by atoms with E-state index in [0.717, 1.165) is 17.7 Å². The van der Waals surface area contributed by atoms with Crippen molar-refractivity contribution in [2.45, 2.75) is 11.8 Å². The highest BCUT2D eigenvalue weighted by atomic mass is 19.4. The lowest BCUT2D eigenvalue weighted by Crippen LogP contribution is -2.51. The Bertz CT molecular complexity index is 1180. The minimum Gasteiger partial charge on any atom is -0.306 e. The molecule has 156 valence electrons. The van der Waals surface area contributed by atoms with Crippen molar-refractivity contribution in [3.8, 4) is 0 Å². The zero-order valence-corrected chi connectivity index (χ0v) is 16.3. The van der Waals surface area contributed by atoms with Crippen LogP contribution in [0.25, 0.3) is 0 Å². The van der Waals surface area contributed by atoms with Gasteiger partial charge in [-0.15, -0.1) is 0 Å². The van der Waals surface area contributed by atoms with Crippen molar-refractivity contribution in [2.75, 3.05) is 13.1 Å². The minimum absolute atomic E-state index is 0.141. The van der Waals surface area contributed by atoms with Crippen LogP contribution in [0.2, 0.25) is 0 Å². The fourth-order valence-electron chi connectivity index (χ4n) is 4.67. The van der Waals surface area contributed by atoms with Crippen molar-refractivity contribution in [1.82, 2.24) is 9.80 Å². The second kappa shape index (κ2) is 6.70. The number of hydrogen-bond donors (Lipinski definition) is 0. The van der Waals surface area contributed by atoms with Crippen molar-refractivity contribution in [1.29, 1.82) is 0 Å². The van der Waals surface area contributed by atoms with Crippen LogP contribution in [-0.2, 0) is 11.8 Å². The highest BCUT2D eigenvalue weighted by Crippen LogP contribution is 2.50. The van der Waals surface area contributed by atoms with Gasteiger partial charge in [0.25, 0.3) is 11.8 Å². The fraction of sp³-hybridized carbons (Fsp3) is 0.167. The van der Waals surface area contributed by atoms with Gasteiger partial charge in [-0.3, -0.25) is 9.59 Å². The Morgan fingerprint density at radius 1 is 0.839 bits per heavy atom. The normalized spacial score (nSPS) is 20.0. The molecule has 0 radical (unpaired) electrons. The summed E-state index contributed by atoms with van der Waals surface area (Å²) >= 11 is 0. The summed E-state index contributed by atoms with van der Waals surface area (Å²) < 4.78 is 38.8. The molecular formula is C24H17F3N2O2. The van der Waals surface area contributed by atoms with Gasteiger partial charge in [0.2, 0.25) is 0 Å². The number of amides is 2. The molecule has 0 saturated carbocycles. The number of benzene rings is 3. The zero-order chi connectivity index (χ0) is 21.8. The maximum atomic E-state index is 13.6. The van der Waals surface area contributed by atoms with Crippen molar-refractivity contribution < 1.29 is 22.8 Å². The van der Waals surface area contributed by atoms with E-state index in [1.54, 1.807) is 21.9 Å². The Morgan fingerprint density at radius 2 is 1.48 bits per heavy atom. The lowest BCUT2D eigenvalue weighted by molar-refractivity contribution is -0.137. The highest BCUT2D eigenvalue weighted by Gasteiger charge is 2.59. The third kappa shape index (κ3) is 2.69. The summed E-state index contributed by atoms with van der Waals surface area (Å²) in [5.41, 5.74) is 0.175. The van der Waals surface area contributed by atoms with Crippen molar-refractivity contribution in [2.24, 2.45) is 0 Å². The molecule has 1 fully saturated rings. The van der Waals surface area contributed by atoms with Gasteiger partial charge in [0.15, 0.2) is 5.66 Å². The summed E-state index contributed by atoms with van der Waals surface area (Å²) in [6.07, 6.45) is -4.48. The molecule has 1 saturated heterocycles. The van der Waals surface area contributed by atoms with Crippen LogP contribution < -0.4 is 0 Å². The Balaban J connectivity index is 1.66. The maximum absolute atomic E-state index is 13.6. The topological polar surface area (TPSA) is 40.6 Å². The quantitative estimate of drug-likeness (QED) is 0.610. The summed E-state index contributed by atoms with van der Waals surface area (Å²) in [6, 6.07) is 20.6. The van der Waals surface area contributed by atoms with Crippen LogP contribution in [-0.4, -0.2) is 34.7 Å². The van der Waals surface area contributed by atoms with Crippen LogP contribution >= 0.6 is 0 Å². The zero-order valence-electron chi connectivity index (χ0n) is 16.3. The molecule has 1 atom stereocenters. The molecule has 2 amide bonds. The molecule has 0 spiro atoms. The molecular weight excluding hydrogens is 405 g/mol. The lowest BCUT2D eigenvalue weighted by Gasteiger charge is -2.40. The molecule has 31 heavy (non-hydrogen) atoms. The van der Waals surface area contributed by atoms with Crippen LogP contribution in [0, 0.1) is 0 Å². The van der Waals surface area contributed by atoms with Gasteiger partial charge < -0.3 is 9.80 Å².